The number of benzene rings is 1. The third-order valence-electron chi connectivity index (χ3n) is 2.73. The highest BCUT2D eigenvalue weighted by Crippen LogP contribution is 2.35. The van der Waals surface area contributed by atoms with E-state index in [-0.39, 0.29) is 11.8 Å². The van der Waals surface area contributed by atoms with E-state index in [0.29, 0.717) is 28.2 Å². The van der Waals surface area contributed by atoms with Crippen LogP contribution >= 0.6 is 46.4 Å². The second-order valence-corrected chi connectivity index (χ2v) is 5.48. The molecule has 92 valence electrons. The third kappa shape index (κ3) is 2.50. The Morgan fingerprint density at radius 3 is 2.65 bits per heavy atom. The number of carbonyl (C=O) groups excluding carboxylic acids is 1. The maximum atomic E-state index is 12.0. The largest absolute Gasteiger partial charge is 0.309 e. The van der Waals surface area contributed by atoms with Gasteiger partial charge in [-0.25, -0.2) is 0 Å². The van der Waals surface area contributed by atoms with Gasteiger partial charge in [0.2, 0.25) is 5.91 Å². The Morgan fingerprint density at radius 1 is 1.35 bits per heavy atom. The first-order valence-electron chi connectivity index (χ1n) is 5.01. The van der Waals surface area contributed by atoms with Crippen LogP contribution in [0.5, 0.6) is 0 Å². The Labute approximate surface area is 119 Å². The minimum atomic E-state index is -0.595. The van der Waals surface area contributed by atoms with Gasteiger partial charge in [0.15, 0.2) is 0 Å². The molecular formula is C11H9Cl4NO. The van der Waals surface area contributed by atoms with E-state index in [0.717, 1.165) is 0 Å². The molecule has 2 rings (SSSR count). The molecule has 2 atom stereocenters. The van der Waals surface area contributed by atoms with Gasteiger partial charge in [-0.3, -0.25) is 4.79 Å². The molecule has 0 aromatic heterocycles. The van der Waals surface area contributed by atoms with E-state index < -0.39 is 5.38 Å². The number of amides is 1. The molecule has 1 aliphatic rings. The summed E-state index contributed by atoms with van der Waals surface area (Å²) in [6.45, 7) is 0.469. The van der Waals surface area contributed by atoms with Crippen LogP contribution in [-0.4, -0.2) is 23.7 Å². The molecule has 0 spiro atoms. The van der Waals surface area contributed by atoms with E-state index in [1.165, 1.54) is 0 Å². The second-order valence-electron chi connectivity index (χ2n) is 3.86. The first-order chi connectivity index (χ1) is 8.04. The second kappa shape index (κ2) is 5.23. The van der Waals surface area contributed by atoms with Crippen LogP contribution in [0.3, 0.4) is 0 Å². The minimum Gasteiger partial charge on any atom is -0.309 e. The molecule has 0 bridgehead atoms. The number of hydrogen-bond donors (Lipinski definition) is 0. The van der Waals surface area contributed by atoms with Crippen LogP contribution < -0.4 is 4.90 Å². The maximum Gasteiger partial charge on any atom is 0.245 e. The van der Waals surface area contributed by atoms with Crippen LogP contribution in [0.15, 0.2) is 18.2 Å². The molecule has 0 radical (unpaired) electrons. The summed E-state index contributed by atoms with van der Waals surface area (Å²) < 4.78 is 0. The molecule has 0 N–H and O–H groups in total. The summed E-state index contributed by atoms with van der Waals surface area (Å²) in [5.41, 5.74) is 0.586. The molecule has 6 heteroatoms. The topological polar surface area (TPSA) is 20.3 Å². The molecule has 1 heterocycles. The molecular weight excluding hydrogens is 304 g/mol. The van der Waals surface area contributed by atoms with Gasteiger partial charge in [-0.05, 0) is 18.2 Å². The SMILES string of the molecule is O=C1C(Cl)C(CCl)CN1c1cc(Cl)ccc1Cl. The molecule has 0 aliphatic carbocycles. The van der Waals surface area contributed by atoms with Gasteiger partial charge in [-0.15, -0.1) is 23.2 Å². The molecule has 1 aromatic rings. The molecule has 1 amide bonds. The summed E-state index contributed by atoms with van der Waals surface area (Å²) in [5, 5.41) is 0.405. The fraction of sp³-hybridized carbons (Fsp3) is 0.364. The maximum absolute atomic E-state index is 12.0. The molecule has 1 aromatic carbocycles. The number of anilines is 1. The zero-order valence-corrected chi connectivity index (χ0v) is 11.7. The minimum absolute atomic E-state index is 0.0686. The highest BCUT2D eigenvalue weighted by molar-refractivity contribution is 6.38. The summed E-state index contributed by atoms with van der Waals surface area (Å²) in [4.78, 5) is 13.5. The van der Waals surface area contributed by atoms with Crippen molar-refractivity contribution in [3.63, 3.8) is 0 Å². The molecule has 17 heavy (non-hydrogen) atoms. The van der Waals surface area contributed by atoms with E-state index in [4.69, 9.17) is 46.4 Å². The van der Waals surface area contributed by atoms with Gasteiger partial charge < -0.3 is 4.90 Å². The van der Waals surface area contributed by atoms with Crippen molar-refractivity contribution >= 4 is 58.0 Å². The Bertz CT molecular complexity index is 451. The van der Waals surface area contributed by atoms with Crippen LogP contribution in [0.1, 0.15) is 0 Å². The van der Waals surface area contributed by atoms with E-state index in [2.05, 4.69) is 0 Å². The van der Waals surface area contributed by atoms with Crippen LogP contribution in [0.4, 0.5) is 5.69 Å². The fourth-order valence-corrected chi connectivity index (χ4v) is 2.84. The van der Waals surface area contributed by atoms with E-state index >= 15 is 0 Å². The smallest absolute Gasteiger partial charge is 0.245 e. The van der Waals surface area contributed by atoms with Crippen molar-refractivity contribution in [2.24, 2.45) is 5.92 Å². The lowest BCUT2D eigenvalue weighted by Crippen LogP contribution is -2.27. The molecule has 1 saturated heterocycles. The molecule has 1 aliphatic heterocycles. The van der Waals surface area contributed by atoms with Gasteiger partial charge in [-0.2, -0.15) is 0 Å². The highest BCUT2D eigenvalue weighted by atomic mass is 35.5. The zero-order chi connectivity index (χ0) is 12.6. The monoisotopic (exact) mass is 311 g/mol. The average Bonchev–Trinajstić information content (AvgIpc) is 2.59. The summed E-state index contributed by atoms with van der Waals surface area (Å²) in [6, 6.07) is 4.98. The zero-order valence-electron chi connectivity index (χ0n) is 8.67. The first kappa shape index (κ1) is 13.3. The van der Waals surface area contributed by atoms with Crippen molar-refractivity contribution < 1.29 is 4.79 Å². The third-order valence-corrected chi connectivity index (χ3v) is 4.22. The Kier molecular flexibility index (Phi) is 4.09. The molecule has 0 saturated carbocycles. The van der Waals surface area contributed by atoms with Crippen LogP contribution in [0, 0.1) is 5.92 Å². The summed E-state index contributed by atoms with van der Waals surface area (Å²) in [5.74, 6) is 0.0940. The number of halogens is 4. The summed E-state index contributed by atoms with van der Waals surface area (Å²) in [7, 11) is 0. The lowest BCUT2D eigenvalue weighted by atomic mass is 10.1. The quantitative estimate of drug-likeness (QED) is 0.761. The number of carbonyl (C=O) groups is 1. The van der Waals surface area contributed by atoms with E-state index in [1.807, 2.05) is 0 Å². The van der Waals surface area contributed by atoms with Gasteiger partial charge in [-0.1, -0.05) is 23.2 Å². The Morgan fingerprint density at radius 2 is 2.06 bits per heavy atom. The molecule has 2 nitrogen and oxygen atoms in total. The van der Waals surface area contributed by atoms with Gasteiger partial charge >= 0.3 is 0 Å². The standard InChI is InChI=1S/C11H9Cl4NO/c12-4-6-5-16(11(17)10(6)15)9-3-7(13)1-2-8(9)14/h1-3,6,10H,4-5H2. The fourth-order valence-electron chi connectivity index (χ4n) is 1.80. The normalized spacial score (nSPS) is 24.5. The number of rotatable bonds is 2. The van der Waals surface area contributed by atoms with Crippen LogP contribution in [-0.2, 0) is 4.79 Å². The van der Waals surface area contributed by atoms with Crippen molar-refractivity contribution in [3.8, 4) is 0 Å². The van der Waals surface area contributed by atoms with Gasteiger partial charge in [0.1, 0.15) is 5.38 Å². The van der Waals surface area contributed by atoms with Crippen LogP contribution in [0.2, 0.25) is 10.0 Å². The average molecular weight is 313 g/mol. The number of nitrogens with zero attached hydrogens (tertiary/aromatic N) is 1. The van der Waals surface area contributed by atoms with Crippen LogP contribution in [0.25, 0.3) is 0 Å². The summed E-state index contributed by atoms with van der Waals surface area (Å²) in [6.07, 6.45) is 0. The predicted octanol–water partition coefficient (Wildman–Crippen LogP) is 3.80. The van der Waals surface area contributed by atoms with Crippen molar-refractivity contribution in [2.75, 3.05) is 17.3 Å². The lowest BCUT2D eigenvalue weighted by Gasteiger charge is -2.18. The van der Waals surface area contributed by atoms with E-state index in [9.17, 15) is 4.79 Å². The van der Waals surface area contributed by atoms with Gasteiger partial charge in [0.05, 0.1) is 10.7 Å². The van der Waals surface area contributed by atoms with E-state index in [1.54, 1.807) is 23.1 Å². The number of alkyl halides is 2. The number of hydrogen-bond acceptors (Lipinski definition) is 1. The van der Waals surface area contributed by atoms with Crippen molar-refractivity contribution in [1.82, 2.24) is 0 Å². The Hall–Kier alpha value is -0.150. The van der Waals surface area contributed by atoms with Gasteiger partial charge in [0, 0.05) is 23.4 Å². The lowest BCUT2D eigenvalue weighted by molar-refractivity contribution is -0.117. The predicted molar refractivity (Wildman–Crippen MR) is 72.7 cm³/mol. The Balaban J connectivity index is 2.35. The summed E-state index contributed by atoms with van der Waals surface area (Å²) >= 11 is 23.7. The van der Waals surface area contributed by atoms with Crippen molar-refractivity contribution in [2.45, 2.75) is 5.38 Å². The first-order valence-corrected chi connectivity index (χ1v) is 6.73. The van der Waals surface area contributed by atoms with Crippen molar-refractivity contribution in [1.29, 1.82) is 0 Å². The molecule has 2 unspecified atom stereocenters. The van der Waals surface area contributed by atoms with Crippen molar-refractivity contribution in [3.05, 3.63) is 28.2 Å². The van der Waals surface area contributed by atoms with Gasteiger partial charge in [0.25, 0.3) is 0 Å². The highest BCUT2D eigenvalue weighted by Gasteiger charge is 2.39. The molecule has 1 fully saturated rings.